The van der Waals surface area contributed by atoms with Crippen LogP contribution in [0.15, 0.2) is 24.3 Å². The predicted octanol–water partition coefficient (Wildman–Crippen LogP) is 2.95. The van der Waals surface area contributed by atoms with Crippen LogP contribution < -0.4 is 10.6 Å². The maximum atomic E-state index is 12.7. The van der Waals surface area contributed by atoms with Crippen molar-refractivity contribution >= 4 is 5.91 Å². The Kier molecular flexibility index (Phi) is 4.81. The summed E-state index contributed by atoms with van der Waals surface area (Å²) in [5.41, 5.74) is 2.24. The molecule has 1 aromatic rings. The van der Waals surface area contributed by atoms with E-state index in [-0.39, 0.29) is 17.4 Å². The van der Waals surface area contributed by atoms with E-state index < -0.39 is 0 Å². The zero-order valence-electron chi connectivity index (χ0n) is 12.8. The molecule has 0 saturated carbocycles. The summed E-state index contributed by atoms with van der Waals surface area (Å²) in [5, 5.41) is 6.58. The van der Waals surface area contributed by atoms with Crippen molar-refractivity contribution < 1.29 is 4.79 Å². The molecule has 1 aliphatic rings. The molecule has 0 radical (unpaired) electrons. The molecule has 1 aliphatic heterocycles. The number of hydrogen-bond donors (Lipinski definition) is 2. The average Bonchev–Trinajstić information content (AvgIpc) is 2.96. The van der Waals surface area contributed by atoms with Crippen molar-refractivity contribution in [1.29, 1.82) is 0 Å². The van der Waals surface area contributed by atoms with Crippen LogP contribution in [0.4, 0.5) is 0 Å². The minimum Gasteiger partial charge on any atom is -0.349 e. The van der Waals surface area contributed by atoms with Gasteiger partial charge in [0.05, 0.1) is 11.5 Å². The molecule has 2 rings (SSSR count). The normalized spacial score (nSPS) is 23.6. The van der Waals surface area contributed by atoms with E-state index in [4.69, 9.17) is 0 Å². The zero-order chi connectivity index (χ0) is 14.6. The largest absolute Gasteiger partial charge is 0.349 e. The van der Waals surface area contributed by atoms with E-state index in [1.165, 1.54) is 11.1 Å². The molecule has 3 heteroatoms. The van der Waals surface area contributed by atoms with Crippen LogP contribution in [0.5, 0.6) is 0 Å². The lowest BCUT2D eigenvalue weighted by Gasteiger charge is -2.28. The molecule has 2 unspecified atom stereocenters. The minimum atomic E-state index is -0.210. The Hall–Kier alpha value is -1.35. The number of hydrogen-bond acceptors (Lipinski definition) is 2. The Bertz CT molecular complexity index is 447. The van der Waals surface area contributed by atoms with Crippen LogP contribution in [0.3, 0.4) is 0 Å². The van der Waals surface area contributed by atoms with Gasteiger partial charge in [0.25, 0.3) is 0 Å². The molecule has 1 aromatic carbocycles. The highest BCUT2D eigenvalue weighted by molar-refractivity contribution is 5.83. The summed E-state index contributed by atoms with van der Waals surface area (Å²) in [5.74, 6) is 0.206. The molecule has 1 saturated heterocycles. The number of carbonyl (C=O) groups is 1. The summed E-state index contributed by atoms with van der Waals surface area (Å²) in [7, 11) is 0. The molecule has 110 valence electrons. The van der Waals surface area contributed by atoms with Gasteiger partial charge in [0, 0.05) is 6.54 Å². The quantitative estimate of drug-likeness (QED) is 0.866. The number of nitrogens with one attached hydrogen (secondary N) is 2. The Morgan fingerprint density at radius 3 is 2.55 bits per heavy atom. The molecule has 0 aliphatic carbocycles. The summed E-state index contributed by atoms with van der Waals surface area (Å²) in [6.45, 7) is 8.07. The van der Waals surface area contributed by atoms with Crippen LogP contribution in [0, 0.1) is 12.3 Å². The number of benzene rings is 1. The topological polar surface area (TPSA) is 41.1 Å². The number of aryl methyl sites for hydroxylation is 1. The van der Waals surface area contributed by atoms with Crippen molar-refractivity contribution in [3.63, 3.8) is 0 Å². The molecular weight excluding hydrogens is 248 g/mol. The third-order valence-electron chi connectivity index (χ3n) is 4.60. The van der Waals surface area contributed by atoms with Gasteiger partial charge in [-0.2, -0.15) is 0 Å². The number of carbonyl (C=O) groups excluding carboxylic acids is 1. The smallest absolute Gasteiger partial charge is 0.228 e. The van der Waals surface area contributed by atoms with Crippen LogP contribution in [0.1, 0.15) is 50.3 Å². The highest BCUT2D eigenvalue weighted by atomic mass is 16.2. The van der Waals surface area contributed by atoms with Gasteiger partial charge in [0.1, 0.15) is 0 Å². The van der Waals surface area contributed by atoms with Crippen molar-refractivity contribution in [3.05, 3.63) is 35.4 Å². The third kappa shape index (κ3) is 3.04. The van der Waals surface area contributed by atoms with E-state index >= 15 is 0 Å². The van der Waals surface area contributed by atoms with Crippen LogP contribution in [-0.4, -0.2) is 19.0 Å². The molecule has 1 amide bonds. The van der Waals surface area contributed by atoms with Crippen LogP contribution in [0.2, 0.25) is 0 Å². The lowest BCUT2D eigenvalue weighted by Crippen LogP contribution is -2.43. The van der Waals surface area contributed by atoms with Gasteiger partial charge in [0.2, 0.25) is 5.91 Å². The average molecular weight is 274 g/mol. The number of rotatable bonds is 5. The van der Waals surface area contributed by atoms with E-state index in [1.807, 2.05) is 0 Å². The summed E-state index contributed by atoms with van der Waals surface area (Å²) < 4.78 is 0. The Morgan fingerprint density at radius 2 is 2.05 bits per heavy atom. The van der Waals surface area contributed by atoms with Crippen LogP contribution in [0.25, 0.3) is 0 Å². The van der Waals surface area contributed by atoms with Gasteiger partial charge in [-0.25, -0.2) is 0 Å². The van der Waals surface area contributed by atoms with E-state index in [1.54, 1.807) is 0 Å². The monoisotopic (exact) mass is 274 g/mol. The summed E-state index contributed by atoms with van der Waals surface area (Å²) >= 11 is 0. The Morgan fingerprint density at radius 1 is 1.35 bits per heavy atom. The van der Waals surface area contributed by atoms with Gasteiger partial charge in [-0.15, -0.1) is 0 Å². The standard InChI is InChI=1S/C17H26N2O/c1-4-15(14-8-6-13(3)7-9-14)19-16(20)17(5-2)10-11-18-12-17/h6-9,15,18H,4-5,10-12H2,1-3H3,(H,19,20). The van der Waals surface area contributed by atoms with Gasteiger partial charge >= 0.3 is 0 Å². The first kappa shape index (κ1) is 15.0. The van der Waals surface area contributed by atoms with Gasteiger partial charge in [-0.1, -0.05) is 43.7 Å². The van der Waals surface area contributed by atoms with E-state index in [2.05, 4.69) is 55.7 Å². The van der Waals surface area contributed by atoms with E-state index in [9.17, 15) is 4.79 Å². The van der Waals surface area contributed by atoms with Gasteiger partial charge in [0.15, 0.2) is 0 Å². The van der Waals surface area contributed by atoms with E-state index in [0.29, 0.717) is 0 Å². The van der Waals surface area contributed by atoms with Crippen molar-refractivity contribution in [2.75, 3.05) is 13.1 Å². The second kappa shape index (κ2) is 6.40. The molecule has 0 bridgehead atoms. The lowest BCUT2D eigenvalue weighted by molar-refractivity contribution is -0.131. The molecule has 2 N–H and O–H groups in total. The maximum absolute atomic E-state index is 12.7. The summed E-state index contributed by atoms with van der Waals surface area (Å²) in [6, 6.07) is 8.57. The summed E-state index contributed by atoms with van der Waals surface area (Å²) in [4.78, 5) is 12.7. The lowest BCUT2D eigenvalue weighted by atomic mass is 9.83. The molecule has 0 spiro atoms. The minimum absolute atomic E-state index is 0.118. The molecular formula is C17H26N2O. The first-order valence-electron chi connectivity index (χ1n) is 7.69. The molecule has 20 heavy (non-hydrogen) atoms. The van der Waals surface area contributed by atoms with Crippen molar-refractivity contribution in [2.45, 2.75) is 46.1 Å². The molecule has 3 nitrogen and oxygen atoms in total. The second-order valence-corrected chi connectivity index (χ2v) is 5.91. The zero-order valence-corrected chi connectivity index (χ0v) is 12.8. The predicted molar refractivity (Wildman–Crippen MR) is 82.6 cm³/mol. The fourth-order valence-corrected chi connectivity index (χ4v) is 2.93. The van der Waals surface area contributed by atoms with Crippen molar-refractivity contribution in [3.8, 4) is 0 Å². The molecule has 1 fully saturated rings. The maximum Gasteiger partial charge on any atom is 0.228 e. The third-order valence-corrected chi connectivity index (χ3v) is 4.60. The highest BCUT2D eigenvalue weighted by Gasteiger charge is 2.40. The van der Waals surface area contributed by atoms with Crippen molar-refractivity contribution in [1.82, 2.24) is 10.6 Å². The fourth-order valence-electron chi connectivity index (χ4n) is 2.93. The Balaban J connectivity index is 2.09. The van der Waals surface area contributed by atoms with Crippen LogP contribution >= 0.6 is 0 Å². The first-order valence-corrected chi connectivity index (χ1v) is 7.69. The highest BCUT2D eigenvalue weighted by Crippen LogP contribution is 2.31. The summed E-state index contributed by atoms with van der Waals surface area (Å²) in [6.07, 6.45) is 2.76. The second-order valence-electron chi connectivity index (χ2n) is 5.91. The van der Waals surface area contributed by atoms with Gasteiger partial charge in [-0.3, -0.25) is 4.79 Å². The molecule has 1 heterocycles. The van der Waals surface area contributed by atoms with Crippen molar-refractivity contribution in [2.24, 2.45) is 5.41 Å². The first-order chi connectivity index (χ1) is 9.61. The van der Waals surface area contributed by atoms with E-state index in [0.717, 1.165) is 32.4 Å². The van der Waals surface area contributed by atoms with Gasteiger partial charge < -0.3 is 10.6 Å². The molecule has 0 aromatic heterocycles. The molecule has 2 atom stereocenters. The number of amides is 1. The fraction of sp³-hybridized carbons (Fsp3) is 0.588. The Labute approximate surface area is 122 Å². The van der Waals surface area contributed by atoms with Gasteiger partial charge in [-0.05, 0) is 38.3 Å². The van der Waals surface area contributed by atoms with Crippen LogP contribution in [-0.2, 0) is 4.79 Å². The SMILES string of the molecule is CCC(NC(=O)C1(CC)CCNC1)c1ccc(C)cc1.